The van der Waals surface area contributed by atoms with E-state index in [-0.39, 0.29) is 5.95 Å². The van der Waals surface area contributed by atoms with Crippen molar-refractivity contribution in [3.8, 4) is 5.95 Å². The number of carboxylic acid groups (broad SMARTS) is 1. The summed E-state index contributed by atoms with van der Waals surface area (Å²) in [7, 11) is 1.54. The second-order valence-corrected chi connectivity index (χ2v) is 2.34. The summed E-state index contributed by atoms with van der Waals surface area (Å²) in [6, 6.07) is 3.22. The van der Waals surface area contributed by atoms with E-state index in [1.807, 2.05) is 0 Å². The average Bonchev–Trinajstić information content (AvgIpc) is 2.50. The van der Waals surface area contributed by atoms with Crippen LogP contribution in [0.5, 0.6) is 5.95 Å². The summed E-state index contributed by atoms with van der Waals surface area (Å²) in [6.07, 6.45) is 0. The number of methoxy groups -OCH3 is 1. The third-order valence-corrected chi connectivity index (χ3v) is 1.26. The molecule has 0 radical (unpaired) electrons. The summed E-state index contributed by atoms with van der Waals surface area (Å²) >= 11 is 0. The molecule has 0 aliphatic heterocycles. The molecule has 1 aromatic rings. The Morgan fingerprint density at radius 3 is 3.00 bits per heavy atom. The fourth-order valence-corrected chi connectivity index (χ4v) is 0.789. The summed E-state index contributed by atoms with van der Waals surface area (Å²) < 4.78 is 14.6. The van der Waals surface area contributed by atoms with Crippen molar-refractivity contribution in [2.24, 2.45) is 0 Å². The van der Waals surface area contributed by atoms with Gasteiger partial charge in [-0.2, -0.15) is 0 Å². The Morgan fingerprint density at radius 1 is 1.62 bits per heavy atom. The van der Waals surface area contributed by atoms with E-state index in [0.29, 0.717) is 12.4 Å². The number of hydrogen-bond acceptors (Lipinski definition) is 4. The Bertz CT molecular complexity index is 278. The molecule has 1 heterocycles. The van der Waals surface area contributed by atoms with Crippen LogP contribution in [-0.4, -0.2) is 24.8 Å². The lowest BCUT2D eigenvalue weighted by atomic mass is 10.5. The molecule has 0 unspecified atom stereocenters. The van der Waals surface area contributed by atoms with E-state index in [2.05, 4.69) is 0 Å². The summed E-state index contributed by atoms with van der Waals surface area (Å²) in [4.78, 5) is 10.1. The van der Waals surface area contributed by atoms with Crippen LogP contribution in [0.15, 0.2) is 16.5 Å². The normalized spacial score (nSPS) is 9.92. The Balaban J connectivity index is 2.44. The van der Waals surface area contributed by atoms with E-state index in [1.54, 1.807) is 19.2 Å². The molecule has 13 heavy (non-hydrogen) atoms. The molecule has 0 spiro atoms. The highest BCUT2D eigenvalue weighted by Crippen LogP contribution is 2.16. The number of carboxylic acids is 1. The lowest BCUT2D eigenvalue weighted by Crippen LogP contribution is -2.08. The van der Waals surface area contributed by atoms with Gasteiger partial charge in [-0.1, -0.05) is 0 Å². The Labute approximate surface area is 74.9 Å². The number of aliphatic carboxylic acids is 1. The highest BCUT2D eigenvalue weighted by molar-refractivity contribution is 5.68. The van der Waals surface area contributed by atoms with Crippen LogP contribution in [0.3, 0.4) is 0 Å². The maximum atomic E-state index is 10.1. The van der Waals surface area contributed by atoms with Crippen molar-refractivity contribution >= 4 is 5.97 Å². The molecular formula is C8H10O5. The Kier molecular flexibility index (Phi) is 3.33. The first kappa shape index (κ1) is 9.60. The molecular weight excluding hydrogens is 176 g/mol. The van der Waals surface area contributed by atoms with E-state index in [4.69, 9.17) is 19.0 Å². The summed E-state index contributed by atoms with van der Waals surface area (Å²) in [5, 5.41) is 8.29. The minimum atomic E-state index is -1.04. The molecule has 1 aromatic heterocycles. The fourth-order valence-electron chi connectivity index (χ4n) is 0.789. The highest BCUT2D eigenvalue weighted by Gasteiger charge is 2.04. The van der Waals surface area contributed by atoms with E-state index in [1.165, 1.54) is 0 Å². The van der Waals surface area contributed by atoms with E-state index in [9.17, 15) is 4.79 Å². The van der Waals surface area contributed by atoms with Crippen molar-refractivity contribution in [3.63, 3.8) is 0 Å². The van der Waals surface area contributed by atoms with Crippen LogP contribution in [0, 0.1) is 0 Å². The van der Waals surface area contributed by atoms with Gasteiger partial charge in [0.15, 0.2) is 6.61 Å². The Morgan fingerprint density at radius 2 is 2.38 bits per heavy atom. The largest absolute Gasteiger partial charge is 0.479 e. The second-order valence-electron chi connectivity index (χ2n) is 2.34. The van der Waals surface area contributed by atoms with Crippen LogP contribution < -0.4 is 4.74 Å². The predicted octanol–water partition coefficient (Wildman–Crippen LogP) is 0.889. The number of furan rings is 1. The lowest BCUT2D eigenvalue weighted by molar-refractivity contribution is -0.139. The van der Waals surface area contributed by atoms with Crippen molar-refractivity contribution in [1.82, 2.24) is 0 Å². The SMILES string of the molecule is COCc1ccc(OCC(=O)O)o1. The third kappa shape index (κ3) is 3.16. The molecule has 5 nitrogen and oxygen atoms in total. The van der Waals surface area contributed by atoms with Crippen LogP contribution in [0.1, 0.15) is 5.76 Å². The number of ether oxygens (including phenoxy) is 2. The summed E-state index contributed by atoms with van der Waals surface area (Å²) in [6.45, 7) is -0.0592. The number of hydrogen-bond donors (Lipinski definition) is 1. The molecule has 0 aliphatic carbocycles. The van der Waals surface area contributed by atoms with Gasteiger partial charge in [-0.15, -0.1) is 0 Å². The maximum Gasteiger partial charge on any atom is 0.341 e. The second kappa shape index (κ2) is 4.51. The molecule has 1 rings (SSSR count). The smallest absolute Gasteiger partial charge is 0.341 e. The zero-order valence-corrected chi connectivity index (χ0v) is 7.15. The van der Waals surface area contributed by atoms with Crippen molar-refractivity contribution in [3.05, 3.63) is 17.9 Å². The van der Waals surface area contributed by atoms with Gasteiger partial charge in [-0.3, -0.25) is 0 Å². The van der Waals surface area contributed by atoms with Crippen molar-refractivity contribution < 1.29 is 23.8 Å². The first-order valence-corrected chi connectivity index (χ1v) is 3.64. The molecule has 5 heteroatoms. The molecule has 0 aromatic carbocycles. The number of rotatable bonds is 5. The number of carbonyl (C=O) groups is 1. The van der Waals surface area contributed by atoms with Gasteiger partial charge in [0, 0.05) is 13.2 Å². The predicted molar refractivity (Wildman–Crippen MR) is 42.6 cm³/mol. The van der Waals surface area contributed by atoms with Gasteiger partial charge < -0.3 is 19.0 Å². The van der Waals surface area contributed by atoms with Crippen LogP contribution in [-0.2, 0) is 16.1 Å². The molecule has 0 amide bonds. The van der Waals surface area contributed by atoms with Crippen LogP contribution in [0.25, 0.3) is 0 Å². The maximum absolute atomic E-state index is 10.1. The van der Waals surface area contributed by atoms with Gasteiger partial charge in [0.2, 0.25) is 0 Å². The van der Waals surface area contributed by atoms with E-state index >= 15 is 0 Å². The summed E-state index contributed by atoms with van der Waals surface area (Å²) in [5.74, 6) is -0.248. The van der Waals surface area contributed by atoms with Crippen LogP contribution in [0.2, 0.25) is 0 Å². The molecule has 72 valence electrons. The molecule has 0 fully saturated rings. The fraction of sp³-hybridized carbons (Fsp3) is 0.375. The van der Waals surface area contributed by atoms with Crippen molar-refractivity contribution in [2.75, 3.05) is 13.7 Å². The van der Waals surface area contributed by atoms with Gasteiger partial charge in [-0.05, 0) is 6.07 Å². The molecule has 0 bridgehead atoms. The summed E-state index contributed by atoms with van der Waals surface area (Å²) in [5.41, 5.74) is 0. The van der Waals surface area contributed by atoms with E-state index < -0.39 is 12.6 Å². The van der Waals surface area contributed by atoms with Gasteiger partial charge in [-0.25, -0.2) is 4.79 Å². The molecule has 0 aliphatic rings. The zero-order chi connectivity index (χ0) is 9.68. The van der Waals surface area contributed by atoms with E-state index in [0.717, 1.165) is 0 Å². The monoisotopic (exact) mass is 186 g/mol. The molecule has 0 atom stereocenters. The van der Waals surface area contributed by atoms with Crippen molar-refractivity contribution in [1.29, 1.82) is 0 Å². The quantitative estimate of drug-likeness (QED) is 0.739. The van der Waals surface area contributed by atoms with Gasteiger partial charge >= 0.3 is 5.97 Å². The van der Waals surface area contributed by atoms with Gasteiger partial charge in [0.25, 0.3) is 5.95 Å². The first-order chi connectivity index (χ1) is 6.22. The lowest BCUT2D eigenvalue weighted by Gasteiger charge is -1.97. The van der Waals surface area contributed by atoms with Gasteiger partial charge in [0.05, 0.1) is 0 Å². The highest BCUT2D eigenvalue weighted by atomic mass is 16.6. The molecule has 0 saturated carbocycles. The minimum Gasteiger partial charge on any atom is -0.479 e. The van der Waals surface area contributed by atoms with Crippen LogP contribution in [0.4, 0.5) is 0 Å². The van der Waals surface area contributed by atoms with Crippen LogP contribution >= 0.6 is 0 Å². The van der Waals surface area contributed by atoms with Crippen molar-refractivity contribution in [2.45, 2.75) is 6.61 Å². The standard InChI is InChI=1S/C8H10O5/c1-11-4-6-2-3-8(13-6)12-5-7(9)10/h2-3H,4-5H2,1H3,(H,9,10). The molecule has 1 N–H and O–H groups in total. The van der Waals surface area contributed by atoms with Gasteiger partial charge in [0.1, 0.15) is 12.4 Å². The Hall–Kier alpha value is -1.49. The average molecular weight is 186 g/mol. The zero-order valence-electron chi connectivity index (χ0n) is 7.15. The topological polar surface area (TPSA) is 68.9 Å². The third-order valence-electron chi connectivity index (χ3n) is 1.26. The minimum absolute atomic E-state index is 0.189. The first-order valence-electron chi connectivity index (χ1n) is 3.64. The molecule has 0 saturated heterocycles.